The number of hydrogen-bond acceptors (Lipinski definition) is 5. The van der Waals surface area contributed by atoms with Crippen LogP contribution in [0.3, 0.4) is 0 Å². The topological polar surface area (TPSA) is 95.9 Å². The van der Waals surface area contributed by atoms with Crippen LogP contribution in [0.15, 0.2) is 18.2 Å². The van der Waals surface area contributed by atoms with Crippen molar-refractivity contribution < 1.29 is 28.9 Å². The van der Waals surface area contributed by atoms with Crippen molar-refractivity contribution in [1.82, 2.24) is 5.32 Å². The highest BCUT2D eigenvalue weighted by Crippen LogP contribution is 2.23. The molecule has 0 aliphatic rings. The number of alkyl carbamates (subject to hydrolysis) is 1. The number of halogens is 1. The molecule has 1 rings (SSSR count). The normalized spacial score (nSPS) is 14.1. The minimum Gasteiger partial charge on any atom is -0.444 e. The minimum atomic E-state index is -1.66. The summed E-state index contributed by atoms with van der Waals surface area (Å²) in [6.07, 6.45) is -3.54. The molecule has 3 N–H and O–H groups in total. The summed E-state index contributed by atoms with van der Waals surface area (Å²) in [5, 5.41) is 22.1. The van der Waals surface area contributed by atoms with Gasteiger partial charge in [-0.15, -0.1) is 0 Å². The second-order valence-corrected chi connectivity index (χ2v) is 5.76. The number of amides is 1. The maximum absolute atomic E-state index is 13.7. The standard InChI is InChI=1S/C15H20FNO5/c1-15(2,3)22-14(21)17-7-11(19)13(20)12-9(8-18)5-4-6-10(12)16/h4-6,8,11,13,19-20H,7H2,1-3H3,(H,17,21). The van der Waals surface area contributed by atoms with Crippen LogP contribution in [0.2, 0.25) is 0 Å². The first-order chi connectivity index (χ1) is 10.2. The van der Waals surface area contributed by atoms with Gasteiger partial charge in [0.05, 0.1) is 0 Å². The molecule has 0 aliphatic heterocycles. The molecule has 0 radical (unpaired) electrons. The molecule has 2 atom stereocenters. The maximum atomic E-state index is 13.7. The van der Waals surface area contributed by atoms with E-state index in [4.69, 9.17) is 4.74 Å². The Morgan fingerprint density at radius 2 is 2.05 bits per heavy atom. The van der Waals surface area contributed by atoms with E-state index in [-0.39, 0.29) is 17.7 Å². The van der Waals surface area contributed by atoms with Crippen LogP contribution in [0.5, 0.6) is 0 Å². The van der Waals surface area contributed by atoms with E-state index < -0.39 is 29.7 Å². The Labute approximate surface area is 127 Å². The van der Waals surface area contributed by atoms with Gasteiger partial charge in [-0.3, -0.25) is 4.79 Å². The molecule has 7 heteroatoms. The van der Waals surface area contributed by atoms with E-state index in [9.17, 15) is 24.2 Å². The number of carbonyl (C=O) groups is 2. The third-order valence-corrected chi connectivity index (χ3v) is 2.73. The lowest BCUT2D eigenvalue weighted by atomic mass is 9.98. The van der Waals surface area contributed by atoms with Gasteiger partial charge < -0.3 is 20.3 Å². The fourth-order valence-corrected chi connectivity index (χ4v) is 1.77. The summed E-state index contributed by atoms with van der Waals surface area (Å²) in [7, 11) is 0. The predicted molar refractivity (Wildman–Crippen MR) is 77.0 cm³/mol. The van der Waals surface area contributed by atoms with E-state index >= 15 is 0 Å². The molecule has 122 valence electrons. The van der Waals surface area contributed by atoms with Crippen molar-refractivity contribution in [2.75, 3.05) is 6.54 Å². The van der Waals surface area contributed by atoms with Gasteiger partial charge in [0.2, 0.25) is 0 Å². The molecule has 0 heterocycles. The number of ether oxygens (including phenoxy) is 1. The van der Waals surface area contributed by atoms with Crippen molar-refractivity contribution in [2.24, 2.45) is 0 Å². The van der Waals surface area contributed by atoms with Crippen LogP contribution >= 0.6 is 0 Å². The number of aldehydes is 1. The first-order valence-corrected chi connectivity index (χ1v) is 6.72. The molecule has 0 spiro atoms. The van der Waals surface area contributed by atoms with Gasteiger partial charge in [0.1, 0.15) is 23.6 Å². The molecule has 1 amide bonds. The van der Waals surface area contributed by atoms with E-state index in [0.717, 1.165) is 6.07 Å². The SMILES string of the molecule is CC(C)(C)OC(=O)NCC(O)C(O)c1c(F)cccc1C=O. The van der Waals surface area contributed by atoms with Crippen molar-refractivity contribution in [3.8, 4) is 0 Å². The Balaban J connectivity index is 2.72. The highest BCUT2D eigenvalue weighted by Gasteiger charge is 2.25. The second-order valence-electron chi connectivity index (χ2n) is 5.76. The fourth-order valence-electron chi connectivity index (χ4n) is 1.77. The van der Waals surface area contributed by atoms with Crippen LogP contribution in [0.4, 0.5) is 9.18 Å². The first-order valence-electron chi connectivity index (χ1n) is 6.72. The highest BCUT2D eigenvalue weighted by molar-refractivity contribution is 5.77. The van der Waals surface area contributed by atoms with Gasteiger partial charge in [-0.05, 0) is 26.8 Å². The van der Waals surface area contributed by atoms with Crippen molar-refractivity contribution >= 4 is 12.4 Å². The number of benzene rings is 1. The van der Waals surface area contributed by atoms with Crippen LogP contribution in [-0.2, 0) is 4.74 Å². The molecule has 6 nitrogen and oxygen atoms in total. The van der Waals surface area contributed by atoms with E-state index in [1.165, 1.54) is 12.1 Å². The van der Waals surface area contributed by atoms with Crippen LogP contribution in [0.1, 0.15) is 42.8 Å². The average molecular weight is 313 g/mol. The summed E-state index contributed by atoms with van der Waals surface area (Å²) >= 11 is 0. The molecule has 2 unspecified atom stereocenters. The Bertz CT molecular complexity index is 541. The summed E-state index contributed by atoms with van der Waals surface area (Å²) in [4.78, 5) is 22.3. The van der Waals surface area contributed by atoms with E-state index in [0.29, 0.717) is 6.29 Å². The third kappa shape index (κ3) is 5.09. The van der Waals surface area contributed by atoms with Crippen molar-refractivity contribution in [3.05, 3.63) is 35.1 Å². The molecule has 0 aromatic heterocycles. The van der Waals surface area contributed by atoms with Crippen LogP contribution in [-0.4, -0.2) is 40.8 Å². The van der Waals surface area contributed by atoms with Crippen molar-refractivity contribution in [2.45, 2.75) is 38.6 Å². The quantitative estimate of drug-likeness (QED) is 0.717. The number of rotatable bonds is 5. The van der Waals surface area contributed by atoms with Gasteiger partial charge in [0, 0.05) is 17.7 Å². The molecule has 0 aliphatic carbocycles. The van der Waals surface area contributed by atoms with Crippen molar-refractivity contribution in [3.63, 3.8) is 0 Å². The zero-order valence-corrected chi connectivity index (χ0v) is 12.7. The summed E-state index contributed by atoms with van der Waals surface area (Å²) in [5.41, 5.74) is -1.08. The number of aliphatic hydroxyl groups excluding tert-OH is 2. The summed E-state index contributed by atoms with van der Waals surface area (Å²) in [6.45, 7) is 4.66. The number of hydrogen-bond donors (Lipinski definition) is 3. The largest absolute Gasteiger partial charge is 0.444 e. The fraction of sp³-hybridized carbons (Fsp3) is 0.467. The Kier molecular flexibility index (Phi) is 6.01. The average Bonchev–Trinajstić information content (AvgIpc) is 2.41. The van der Waals surface area contributed by atoms with Crippen LogP contribution < -0.4 is 5.32 Å². The van der Waals surface area contributed by atoms with Crippen LogP contribution in [0.25, 0.3) is 0 Å². The molecule has 1 aromatic rings. The lowest BCUT2D eigenvalue weighted by Crippen LogP contribution is -2.39. The van der Waals surface area contributed by atoms with Gasteiger partial charge >= 0.3 is 6.09 Å². The molecular weight excluding hydrogens is 293 g/mol. The zero-order valence-electron chi connectivity index (χ0n) is 12.7. The summed E-state index contributed by atoms with van der Waals surface area (Å²) < 4.78 is 18.7. The van der Waals surface area contributed by atoms with Crippen molar-refractivity contribution in [1.29, 1.82) is 0 Å². The maximum Gasteiger partial charge on any atom is 0.407 e. The number of aliphatic hydroxyl groups is 2. The monoisotopic (exact) mass is 313 g/mol. The van der Waals surface area contributed by atoms with Gasteiger partial charge in [-0.2, -0.15) is 0 Å². The highest BCUT2D eigenvalue weighted by atomic mass is 19.1. The lowest BCUT2D eigenvalue weighted by Gasteiger charge is -2.23. The molecule has 0 fully saturated rings. The Morgan fingerprint density at radius 1 is 1.41 bits per heavy atom. The van der Waals surface area contributed by atoms with E-state index in [2.05, 4.69) is 5.32 Å². The molecule has 1 aromatic carbocycles. The molecule has 0 saturated carbocycles. The van der Waals surface area contributed by atoms with E-state index in [1.807, 2.05) is 0 Å². The molecular formula is C15H20FNO5. The van der Waals surface area contributed by atoms with Gasteiger partial charge in [-0.1, -0.05) is 12.1 Å². The number of nitrogens with one attached hydrogen (secondary N) is 1. The molecule has 0 bridgehead atoms. The van der Waals surface area contributed by atoms with Gasteiger partial charge in [0.25, 0.3) is 0 Å². The molecule has 22 heavy (non-hydrogen) atoms. The summed E-state index contributed by atoms with van der Waals surface area (Å²) in [6, 6.07) is 3.71. The zero-order chi connectivity index (χ0) is 16.9. The Hall–Kier alpha value is -1.99. The van der Waals surface area contributed by atoms with Gasteiger partial charge in [0.15, 0.2) is 6.29 Å². The van der Waals surface area contributed by atoms with E-state index in [1.54, 1.807) is 20.8 Å². The minimum absolute atomic E-state index is 0.0659. The molecule has 0 saturated heterocycles. The first kappa shape index (κ1) is 18.1. The predicted octanol–water partition coefficient (Wildman–Crippen LogP) is 1.56. The second kappa shape index (κ2) is 7.33. The van der Waals surface area contributed by atoms with Crippen LogP contribution in [0, 0.1) is 5.82 Å². The smallest absolute Gasteiger partial charge is 0.407 e. The third-order valence-electron chi connectivity index (χ3n) is 2.73. The lowest BCUT2D eigenvalue weighted by molar-refractivity contribution is 0.0110. The van der Waals surface area contributed by atoms with Gasteiger partial charge in [-0.25, -0.2) is 9.18 Å². The Morgan fingerprint density at radius 3 is 2.59 bits per heavy atom. The number of carbonyl (C=O) groups excluding carboxylic acids is 2. The summed E-state index contributed by atoms with van der Waals surface area (Å²) in [5.74, 6) is -0.812.